The summed E-state index contributed by atoms with van der Waals surface area (Å²) < 4.78 is 11.5. The average molecular weight is 417 g/mol. The van der Waals surface area contributed by atoms with E-state index in [0.717, 1.165) is 16.8 Å². The number of para-hydroxylation sites is 1. The second-order valence-electron chi connectivity index (χ2n) is 8.13. The maximum absolute atomic E-state index is 13.4. The minimum atomic E-state index is -0.323. The van der Waals surface area contributed by atoms with Gasteiger partial charge < -0.3 is 19.7 Å². The minimum Gasteiger partial charge on any atom is -0.493 e. The SMILES string of the molecule is COc1cc(C2Nc3ccccc3C(=O)N2Cc2ccccc2)ccc1OCC(C)C. The van der Waals surface area contributed by atoms with Gasteiger partial charge in [-0.05, 0) is 41.3 Å². The highest BCUT2D eigenvalue weighted by Gasteiger charge is 2.33. The third kappa shape index (κ3) is 4.50. The number of carbonyl (C=O) groups is 1. The van der Waals surface area contributed by atoms with Gasteiger partial charge in [-0.15, -0.1) is 0 Å². The molecule has 0 saturated heterocycles. The average Bonchev–Trinajstić information content (AvgIpc) is 2.80. The van der Waals surface area contributed by atoms with Crippen molar-refractivity contribution in [1.82, 2.24) is 4.90 Å². The minimum absolute atomic E-state index is 0.00213. The number of amides is 1. The molecule has 0 radical (unpaired) electrons. The van der Waals surface area contributed by atoms with Crippen LogP contribution in [0.5, 0.6) is 11.5 Å². The third-order valence-corrected chi connectivity index (χ3v) is 5.29. The van der Waals surface area contributed by atoms with Crippen molar-refractivity contribution in [1.29, 1.82) is 0 Å². The first-order chi connectivity index (χ1) is 15.1. The van der Waals surface area contributed by atoms with E-state index >= 15 is 0 Å². The van der Waals surface area contributed by atoms with E-state index in [1.165, 1.54) is 0 Å². The van der Waals surface area contributed by atoms with Crippen molar-refractivity contribution in [2.75, 3.05) is 19.0 Å². The van der Waals surface area contributed by atoms with Gasteiger partial charge in [0.2, 0.25) is 0 Å². The number of rotatable bonds is 7. The molecule has 31 heavy (non-hydrogen) atoms. The molecule has 3 aromatic carbocycles. The number of anilines is 1. The van der Waals surface area contributed by atoms with E-state index < -0.39 is 0 Å². The van der Waals surface area contributed by atoms with Gasteiger partial charge in [-0.2, -0.15) is 0 Å². The molecule has 3 aromatic rings. The van der Waals surface area contributed by atoms with Crippen LogP contribution in [0.1, 0.15) is 41.5 Å². The molecule has 0 aliphatic carbocycles. The fourth-order valence-corrected chi connectivity index (χ4v) is 3.73. The Labute approximate surface area is 183 Å². The van der Waals surface area contributed by atoms with E-state index in [9.17, 15) is 4.79 Å². The zero-order chi connectivity index (χ0) is 21.8. The molecule has 160 valence electrons. The van der Waals surface area contributed by atoms with Gasteiger partial charge in [-0.25, -0.2) is 0 Å². The maximum Gasteiger partial charge on any atom is 0.258 e. The summed E-state index contributed by atoms with van der Waals surface area (Å²) in [5.41, 5.74) is 3.53. The summed E-state index contributed by atoms with van der Waals surface area (Å²) in [6.45, 7) is 5.33. The van der Waals surface area contributed by atoms with Gasteiger partial charge in [0.25, 0.3) is 5.91 Å². The van der Waals surface area contributed by atoms with Gasteiger partial charge in [-0.3, -0.25) is 4.79 Å². The first kappa shape index (κ1) is 20.8. The van der Waals surface area contributed by atoms with Gasteiger partial charge >= 0.3 is 0 Å². The van der Waals surface area contributed by atoms with Crippen LogP contribution in [-0.2, 0) is 6.54 Å². The molecule has 5 nitrogen and oxygen atoms in total. The third-order valence-electron chi connectivity index (χ3n) is 5.29. The van der Waals surface area contributed by atoms with Gasteiger partial charge in [0.15, 0.2) is 11.5 Å². The highest BCUT2D eigenvalue weighted by molar-refractivity contribution is 6.01. The van der Waals surface area contributed by atoms with Gasteiger partial charge in [0, 0.05) is 12.2 Å². The summed E-state index contributed by atoms with van der Waals surface area (Å²) in [7, 11) is 1.64. The molecule has 0 aromatic heterocycles. The number of ether oxygens (including phenoxy) is 2. The number of nitrogens with zero attached hydrogens (tertiary/aromatic N) is 1. The molecule has 1 N–H and O–H groups in total. The fraction of sp³-hybridized carbons (Fsp3) is 0.269. The van der Waals surface area contributed by atoms with Crippen molar-refractivity contribution in [2.24, 2.45) is 5.92 Å². The van der Waals surface area contributed by atoms with Gasteiger partial charge in [0.1, 0.15) is 6.17 Å². The van der Waals surface area contributed by atoms with E-state index in [1.807, 2.05) is 77.7 Å². The Morgan fingerprint density at radius 3 is 2.45 bits per heavy atom. The summed E-state index contributed by atoms with van der Waals surface area (Å²) in [4.78, 5) is 15.3. The van der Waals surface area contributed by atoms with Crippen molar-refractivity contribution >= 4 is 11.6 Å². The van der Waals surface area contributed by atoms with Crippen molar-refractivity contribution in [2.45, 2.75) is 26.6 Å². The molecule has 1 heterocycles. The summed E-state index contributed by atoms with van der Waals surface area (Å²) in [6, 6.07) is 23.5. The quantitative estimate of drug-likeness (QED) is 0.553. The molecular formula is C26H28N2O3. The van der Waals surface area contributed by atoms with E-state index in [0.29, 0.717) is 36.1 Å². The topological polar surface area (TPSA) is 50.8 Å². The molecule has 1 amide bonds. The molecule has 0 bridgehead atoms. The van der Waals surface area contributed by atoms with Gasteiger partial charge in [0.05, 0.1) is 19.3 Å². The lowest BCUT2D eigenvalue weighted by atomic mass is 10.0. The largest absolute Gasteiger partial charge is 0.493 e. The molecule has 1 atom stereocenters. The maximum atomic E-state index is 13.4. The second-order valence-corrected chi connectivity index (χ2v) is 8.13. The van der Waals surface area contributed by atoms with E-state index in [1.54, 1.807) is 7.11 Å². The second kappa shape index (κ2) is 9.13. The highest BCUT2D eigenvalue weighted by atomic mass is 16.5. The molecule has 0 saturated carbocycles. The molecular weight excluding hydrogens is 388 g/mol. The van der Waals surface area contributed by atoms with Crippen LogP contribution in [0.15, 0.2) is 72.8 Å². The number of methoxy groups -OCH3 is 1. The first-order valence-corrected chi connectivity index (χ1v) is 10.6. The number of benzene rings is 3. The molecule has 0 fully saturated rings. The fourth-order valence-electron chi connectivity index (χ4n) is 3.73. The molecule has 1 unspecified atom stereocenters. The molecule has 0 spiro atoms. The monoisotopic (exact) mass is 416 g/mol. The number of nitrogens with one attached hydrogen (secondary N) is 1. The van der Waals surface area contributed by atoms with E-state index in [2.05, 4.69) is 19.2 Å². The Kier molecular flexibility index (Phi) is 6.12. The standard InChI is InChI=1S/C26H28N2O3/c1-18(2)17-31-23-14-13-20(15-24(23)30-3)25-27-22-12-8-7-11-21(22)26(29)28(25)16-19-9-5-4-6-10-19/h4-15,18,25,27H,16-17H2,1-3H3. The van der Waals surface area contributed by atoms with Crippen molar-refractivity contribution in [3.8, 4) is 11.5 Å². The van der Waals surface area contributed by atoms with E-state index in [4.69, 9.17) is 9.47 Å². The zero-order valence-corrected chi connectivity index (χ0v) is 18.2. The van der Waals surface area contributed by atoms with Crippen LogP contribution in [0.25, 0.3) is 0 Å². The number of hydrogen-bond donors (Lipinski definition) is 1. The Morgan fingerprint density at radius 2 is 1.71 bits per heavy atom. The lowest BCUT2D eigenvalue weighted by molar-refractivity contribution is 0.0666. The van der Waals surface area contributed by atoms with Crippen LogP contribution in [0.3, 0.4) is 0 Å². The first-order valence-electron chi connectivity index (χ1n) is 10.6. The van der Waals surface area contributed by atoms with Crippen LogP contribution < -0.4 is 14.8 Å². The zero-order valence-electron chi connectivity index (χ0n) is 18.2. The summed E-state index contributed by atoms with van der Waals surface area (Å²) in [5, 5.41) is 3.54. The van der Waals surface area contributed by atoms with Crippen molar-refractivity contribution in [3.05, 3.63) is 89.5 Å². The van der Waals surface area contributed by atoms with Crippen LogP contribution in [0, 0.1) is 5.92 Å². The molecule has 5 heteroatoms. The van der Waals surface area contributed by atoms with Crippen LogP contribution in [-0.4, -0.2) is 24.5 Å². The number of carbonyl (C=O) groups excluding carboxylic acids is 1. The summed E-state index contributed by atoms with van der Waals surface area (Å²) >= 11 is 0. The number of fused-ring (bicyclic) bond motifs is 1. The Morgan fingerprint density at radius 1 is 0.968 bits per heavy atom. The Balaban J connectivity index is 1.70. The smallest absolute Gasteiger partial charge is 0.258 e. The molecule has 4 rings (SSSR count). The highest BCUT2D eigenvalue weighted by Crippen LogP contribution is 2.37. The molecule has 1 aliphatic heterocycles. The van der Waals surface area contributed by atoms with Crippen LogP contribution >= 0.6 is 0 Å². The summed E-state index contributed by atoms with van der Waals surface area (Å²) in [5.74, 6) is 1.78. The predicted molar refractivity (Wildman–Crippen MR) is 122 cm³/mol. The normalized spacial score (nSPS) is 15.4. The van der Waals surface area contributed by atoms with Crippen molar-refractivity contribution < 1.29 is 14.3 Å². The van der Waals surface area contributed by atoms with Crippen molar-refractivity contribution in [3.63, 3.8) is 0 Å². The van der Waals surface area contributed by atoms with Gasteiger partial charge in [-0.1, -0.05) is 62.4 Å². The van der Waals surface area contributed by atoms with Crippen LogP contribution in [0.4, 0.5) is 5.69 Å². The lowest BCUT2D eigenvalue weighted by Gasteiger charge is -2.38. The summed E-state index contributed by atoms with van der Waals surface area (Å²) in [6.07, 6.45) is -0.323. The lowest BCUT2D eigenvalue weighted by Crippen LogP contribution is -2.42. The van der Waals surface area contributed by atoms with Crippen LogP contribution in [0.2, 0.25) is 0 Å². The Hall–Kier alpha value is -3.47. The molecule has 1 aliphatic rings. The van der Waals surface area contributed by atoms with E-state index in [-0.39, 0.29) is 12.1 Å². The predicted octanol–water partition coefficient (Wildman–Crippen LogP) is 5.50. The number of hydrogen-bond acceptors (Lipinski definition) is 4. The Bertz CT molecular complexity index is 1050.